The molecule has 0 heterocycles. The van der Waals surface area contributed by atoms with Gasteiger partial charge in [0.15, 0.2) is 0 Å². The molecule has 2 aromatic rings. The predicted octanol–water partition coefficient (Wildman–Crippen LogP) is 4.62. The SMILES string of the molecule is O=C(Cl)c1cccc(/C=C\c2ccccc2)c1C(=O)Cl. The third-order valence-electron chi connectivity index (χ3n) is 2.76. The molecule has 0 amide bonds. The van der Waals surface area contributed by atoms with Gasteiger partial charge in [-0.1, -0.05) is 54.6 Å². The number of halogens is 2. The van der Waals surface area contributed by atoms with Crippen molar-refractivity contribution >= 4 is 45.8 Å². The van der Waals surface area contributed by atoms with Crippen LogP contribution in [0, 0.1) is 0 Å². The van der Waals surface area contributed by atoms with Gasteiger partial charge < -0.3 is 0 Å². The smallest absolute Gasteiger partial charge is 0.253 e. The number of carbonyl (C=O) groups excluding carboxylic acids is 2. The van der Waals surface area contributed by atoms with Crippen LogP contribution in [0.2, 0.25) is 0 Å². The van der Waals surface area contributed by atoms with Crippen molar-refractivity contribution in [1.82, 2.24) is 0 Å². The summed E-state index contributed by atoms with van der Waals surface area (Å²) in [7, 11) is 0. The topological polar surface area (TPSA) is 34.1 Å². The fraction of sp³-hybridized carbons (Fsp3) is 0. The summed E-state index contributed by atoms with van der Waals surface area (Å²) in [6.45, 7) is 0. The molecule has 0 fully saturated rings. The highest BCUT2D eigenvalue weighted by molar-refractivity contribution is 6.72. The molecular weight excluding hydrogens is 295 g/mol. The van der Waals surface area contributed by atoms with Crippen LogP contribution in [0.4, 0.5) is 0 Å². The highest BCUT2D eigenvalue weighted by Crippen LogP contribution is 2.21. The van der Waals surface area contributed by atoms with Gasteiger partial charge in [0.05, 0.1) is 5.56 Å². The molecule has 0 atom stereocenters. The lowest BCUT2D eigenvalue weighted by molar-refractivity contribution is 0.105. The quantitative estimate of drug-likeness (QED) is 0.610. The van der Waals surface area contributed by atoms with Crippen molar-refractivity contribution < 1.29 is 9.59 Å². The Balaban J connectivity index is 2.47. The van der Waals surface area contributed by atoms with Crippen LogP contribution in [0.15, 0.2) is 48.5 Å². The second-order valence-electron chi connectivity index (χ2n) is 4.06. The van der Waals surface area contributed by atoms with E-state index in [2.05, 4.69) is 0 Å². The molecular formula is C16H10Cl2O2. The summed E-state index contributed by atoms with van der Waals surface area (Å²) >= 11 is 11.0. The van der Waals surface area contributed by atoms with Crippen molar-refractivity contribution in [2.45, 2.75) is 0 Å². The van der Waals surface area contributed by atoms with Gasteiger partial charge in [0.25, 0.3) is 10.5 Å². The second kappa shape index (κ2) is 6.51. The monoisotopic (exact) mass is 304 g/mol. The fourth-order valence-corrected chi connectivity index (χ4v) is 2.21. The molecule has 0 N–H and O–H groups in total. The number of hydrogen-bond acceptors (Lipinski definition) is 2. The Morgan fingerprint density at radius 1 is 0.800 bits per heavy atom. The van der Waals surface area contributed by atoms with Crippen LogP contribution in [-0.4, -0.2) is 10.5 Å². The molecule has 2 aromatic carbocycles. The second-order valence-corrected chi connectivity index (χ2v) is 4.75. The van der Waals surface area contributed by atoms with Crippen LogP contribution >= 0.6 is 23.2 Å². The maximum absolute atomic E-state index is 11.5. The lowest BCUT2D eigenvalue weighted by atomic mass is 10.0. The van der Waals surface area contributed by atoms with E-state index in [0.717, 1.165) is 5.56 Å². The summed E-state index contributed by atoms with van der Waals surface area (Å²) in [5.74, 6) is 0. The summed E-state index contributed by atoms with van der Waals surface area (Å²) in [5, 5.41) is -1.41. The maximum atomic E-state index is 11.5. The maximum Gasteiger partial charge on any atom is 0.253 e. The first-order valence-electron chi connectivity index (χ1n) is 5.85. The van der Waals surface area contributed by atoms with Crippen molar-refractivity contribution in [1.29, 1.82) is 0 Å². The molecule has 0 bridgehead atoms. The van der Waals surface area contributed by atoms with Crippen LogP contribution in [-0.2, 0) is 0 Å². The Bertz CT molecular complexity index is 676. The first kappa shape index (κ1) is 14.5. The van der Waals surface area contributed by atoms with E-state index in [0.29, 0.717) is 5.56 Å². The highest BCUT2D eigenvalue weighted by atomic mass is 35.5. The molecule has 0 aliphatic heterocycles. The van der Waals surface area contributed by atoms with Gasteiger partial charge in [-0.3, -0.25) is 9.59 Å². The fourth-order valence-electron chi connectivity index (χ4n) is 1.84. The van der Waals surface area contributed by atoms with Gasteiger partial charge in [-0.25, -0.2) is 0 Å². The summed E-state index contributed by atoms with van der Waals surface area (Å²) in [4.78, 5) is 22.9. The van der Waals surface area contributed by atoms with Crippen LogP contribution in [0.1, 0.15) is 31.8 Å². The van der Waals surface area contributed by atoms with Crippen molar-refractivity contribution in [3.8, 4) is 0 Å². The van der Waals surface area contributed by atoms with Gasteiger partial charge in [0.1, 0.15) is 0 Å². The van der Waals surface area contributed by atoms with Gasteiger partial charge >= 0.3 is 0 Å². The lowest BCUT2D eigenvalue weighted by Crippen LogP contribution is -2.03. The Morgan fingerprint density at radius 2 is 1.50 bits per heavy atom. The molecule has 4 heteroatoms. The Morgan fingerprint density at radius 3 is 2.10 bits per heavy atom. The summed E-state index contributed by atoms with van der Waals surface area (Å²) in [5.41, 5.74) is 1.77. The number of rotatable bonds is 4. The molecule has 2 nitrogen and oxygen atoms in total. The normalized spacial score (nSPS) is 10.7. The van der Waals surface area contributed by atoms with Crippen LogP contribution in [0.3, 0.4) is 0 Å². The minimum atomic E-state index is -0.706. The molecule has 0 aliphatic carbocycles. The summed E-state index contributed by atoms with van der Waals surface area (Å²) < 4.78 is 0. The zero-order valence-corrected chi connectivity index (χ0v) is 11.9. The highest BCUT2D eigenvalue weighted by Gasteiger charge is 2.16. The standard InChI is InChI=1S/C16H10Cl2O2/c17-15(19)13-8-4-7-12(14(13)16(18)20)10-9-11-5-2-1-3-6-11/h1-10H/b10-9-. The van der Waals surface area contributed by atoms with E-state index in [4.69, 9.17) is 23.2 Å². The number of carbonyl (C=O) groups is 2. The van der Waals surface area contributed by atoms with Gasteiger partial charge in [0.2, 0.25) is 0 Å². The van der Waals surface area contributed by atoms with E-state index in [1.165, 1.54) is 6.07 Å². The Labute approximate surface area is 126 Å². The van der Waals surface area contributed by atoms with E-state index in [-0.39, 0.29) is 11.1 Å². The minimum Gasteiger partial charge on any atom is -0.276 e. The summed E-state index contributed by atoms with van der Waals surface area (Å²) in [6.07, 6.45) is 3.56. The third kappa shape index (κ3) is 3.35. The Hall–Kier alpha value is -1.90. The minimum absolute atomic E-state index is 0.113. The van der Waals surface area contributed by atoms with Gasteiger partial charge in [-0.2, -0.15) is 0 Å². The molecule has 0 aliphatic rings. The lowest BCUT2D eigenvalue weighted by Gasteiger charge is -2.05. The number of hydrogen-bond donors (Lipinski definition) is 0. The molecule has 0 saturated heterocycles. The van der Waals surface area contributed by atoms with Crippen LogP contribution in [0.5, 0.6) is 0 Å². The molecule has 20 heavy (non-hydrogen) atoms. The average Bonchev–Trinajstić information content (AvgIpc) is 2.45. The van der Waals surface area contributed by atoms with Gasteiger partial charge in [-0.05, 0) is 40.4 Å². The van der Waals surface area contributed by atoms with Crippen molar-refractivity contribution in [3.63, 3.8) is 0 Å². The van der Waals surface area contributed by atoms with Crippen molar-refractivity contribution in [2.75, 3.05) is 0 Å². The zero-order valence-electron chi connectivity index (χ0n) is 10.3. The van der Waals surface area contributed by atoms with E-state index in [1.807, 2.05) is 36.4 Å². The van der Waals surface area contributed by atoms with E-state index in [1.54, 1.807) is 18.2 Å². The van der Waals surface area contributed by atoms with Crippen molar-refractivity contribution in [2.24, 2.45) is 0 Å². The molecule has 0 radical (unpaired) electrons. The van der Waals surface area contributed by atoms with E-state index >= 15 is 0 Å². The van der Waals surface area contributed by atoms with Crippen LogP contribution in [0.25, 0.3) is 12.2 Å². The van der Waals surface area contributed by atoms with E-state index in [9.17, 15) is 9.59 Å². The molecule has 0 spiro atoms. The average molecular weight is 305 g/mol. The predicted molar refractivity (Wildman–Crippen MR) is 82.2 cm³/mol. The molecule has 100 valence electrons. The van der Waals surface area contributed by atoms with E-state index < -0.39 is 10.5 Å². The first-order valence-corrected chi connectivity index (χ1v) is 6.61. The zero-order chi connectivity index (χ0) is 14.5. The molecule has 0 unspecified atom stereocenters. The third-order valence-corrected chi connectivity index (χ3v) is 3.15. The Kier molecular flexibility index (Phi) is 4.72. The van der Waals surface area contributed by atoms with Gasteiger partial charge in [0, 0.05) is 5.56 Å². The van der Waals surface area contributed by atoms with Crippen molar-refractivity contribution in [3.05, 3.63) is 70.8 Å². The number of benzene rings is 2. The van der Waals surface area contributed by atoms with Gasteiger partial charge in [-0.15, -0.1) is 0 Å². The van der Waals surface area contributed by atoms with Crippen LogP contribution < -0.4 is 0 Å². The molecule has 0 aromatic heterocycles. The summed E-state index contributed by atoms with van der Waals surface area (Å²) in [6, 6.07) is 14.4. The largest absolute Gasteiger partial charge is 0.276 e. The molecule has 0 saturated carbocycles. The first-order chi connectivity index (χ1) is 9.59. The molecule has 2 rings (SSSR count).